The number of nitrogens with zero attached hydrogens (tertiary/aromatic N) is 2. The number of aromatic nitrogens is 2. The maximum absolute atomic E-state index is 11.0. The predicted octanol–water partition coefficient (Wildman–Crippen LogP) is 3.65. The Morgan fingerprint density at radius 2 is 1.85 bits per heavy atom. The molecule has 0 aliphatic rings. The van der Waals surface area contributed by atoms with Gasteiger partial charge in [-0.15, -0.1) is 0 Å². The van der Waals surface area contributed by atoms with Gasteiger partial charge in [0.05, 0.1) is 16.1 Å². The average molecular weight is 285 g/mol. The van der Waals surface area contributed by atoms with Gasteiger partial charge in [-0.2, -0.15) is 0 Å². The summed E-state index contributed by atoms with van der Waals surface area (Å²) in [6.45, 7) is 0. The second-order valence-electron chi connectivity index (χ2n) is 4.26. The molecule has 0 spiro atoms. The normalized spacial score (nSPS) is 10.7. The Labute approximate surface area is 119 Å². The maximum atomic E-state index is 11.0. The zero-order chi connectivity index (χ0) is 14.1. The molecule has 2 aromatic heterocycles. The van der Waals surface area contributed by atoms with Crippen LogP contribution < -0.4 is 0 Å². The summed E-state index contributed by atoms with van der Waals surface area (Å²) in [7, 11) is 0. The minimum Gasteiger partial charge on any atom is -0.478 e. The molecule has 2 heterocycles. The number of halogens is 1. The highest BCUT2D eigenvalue weighted by molar-refractivity contribution is 6.38. The van der Waals surface area contributed by atoms with E-state index >= 15 is 0 Å². The summed E-state index contributed by atoms with van der Waals surface area (Å²) < 4.78 is 0. The first kappa shape index (κ1) is 12.6. The number of carboxylic acid groups (broad SMARTS) is 1. The third-order valence-electron chi connectivity index (χ3n) is 3.05. The van der Waals surface area contributed by atoms with E-state index in [9.17, 15) is 4.79 Å². The van der Waals surface area contributed by atoms with Crippen LogP contribution in [0.1, 0.15) is 10.4 Å². The van der Waals surface area contributed by atoms with Crippen LogP contribution in [0.15, 0.2) is 48.9 Å². The molecule has 0 amide bonds. The van der Waals surface area contributed by atoms with Gasteiger partial charge in [0.2, 0.25) is 0 Å². The second-order valence-corrected chi connectivity index (χ2v) is 4.64. The Hall–Kier alpha value is -2.46. The van der Waals surface area contributed by atoms with E-state index in [0.717, 1.165) is 11.1 Å². The molecule has 1 N–H and O–H groups in total. The molecular formula is C15H9ClN2O2. The second kappa shape index (κ2) is 4.90. The van der Waals surface area contributed by atoms with Crippen molar-refractivity contribution in [1.82, 2.24) is 9.97 Å². The highest BCUT2D eigenvalue weighted by Crippen LogP contribution is 2.29. The van der Waals surface area contributed by atoms with Crippen LogP contribution in [-0.4, -0.2) is 21.0 Å². The summed E-state index contributed by atoms with van der Waals surface area (Å²) in [6.07, 6.45) is 4.71. The van der Waals surface area contributed by atoms with Gasteiger partial charge in [-0.25, -0.2) is 4.79 Å². The molecule has 3 rings (SSSR count). The number of hydrogen-bond acceptors (Lipinski definition) is 3. The van der Waals surface area contributed by atoms with Crippen molar-refractivity contribution in [2.75, 3.05) is 0 Å². The Bertz CT molecular complexity index is 804. The van der Waals surface area contributed by atoms with E-state index < -0.39 is 5.97 Å². The van der Waals surface area contributed by atoms with Crippen molar-refractivity contribution in [3.05, 3.63) is 59.5 Å². The molecule has 0 radical (unpaired) electrons. The molecule has 0 fully saturated rings. The zero-order valence-corrected chi connectivity index (χ0v) is 11.0. The molecule has 4 nitrogen and oxygen atoms in total. The summed E-state index contributed by atoms with van der Waals surface area (Å²) in [5, 5.41) is 9.87. The summed E-state index contributed by atoms with van der Waals surface area (Å²) in [5.41, 5.74) is 2.67. The molecule has 0 atom stereocenters. The third kappa shape index (κ3) is 2.10. The summed E-state index contributed by atoms with van der Waals surface area (Å²) in [5.74, 6) is -1.08. The Balaban J connectivity index is 2.19. The monoisotopic (exact) mass is 284 g/mol. The molecule has 5 heteroatoms. The molecule has 0 aliphatic carbocycles. The summed E-state index contributed by atoms with van der Waals surface area (Å²) in [4.78, 5) is 19.2. The van der Waals surface area contributed by atoms with Crippen LogP contribution in [0, 0.1) is 0 Å². The van der Waals surface area contributed by atoms with Crippen LogP contribution in [-0.2, 0) is 0 Å². The number of fused-ring (bicyclic) bond motifs is 1. The van der Waals surface area contributed by atoms with Crippen LogP contribution >= 0.6 is 11.6 Å². The zero-order valence-electron chi connectivity index (χ0n) is 10.2. The van der Waals surface area contributed by atoms with Gasteiger partial charge >= 0.3 is 5.97 Å². The highest BCUT2D eigenvalue weighted by atomic mass is 35.5. The van der Waals surface area contributed by atoms with Crippen LogP contribution in [0.2, 0.25) is 5.02 Å². The Kier molecular flexibility index (Phi) is 3.08. The first-order chi connectivity index (χ1) is 9.66. The maximum Gasteiger partial charge on any atom is 0.338 e. The van der Waals surface area contributed by atoms with Crippen molar-refractivity contribution < 1.29 is 9.90 Å². The third-order valence-corrected chi connectivity index (χ3v) is 3.45. The standard InChI is InChI=1S/C15H9ClN2O2/c16-14-11-2-1-10(9-3-5-17-6-4-9)7-13(11)18-8-12(14)15(19)20/h1-8H,(H,19,20). The quantitative estimate of drug-likeness (QED) is 0.780. The van der Waals surface area contributed by atoms with Gasteiger partial charge in [0.25, 0.3) is 0 Å². The summed E-state index contributed by atoms with van der Waals surface area (Å²) >= 11 is 6.10. The van der Waals surface area contributed by atoms with Crippen LogP contribution in [0.4, 0.5) is 0 Å². The lowest BCUT2D eigenvalue weighted by molar-refractivity contribution is 0.0697. The highest BCUT2D eigenvalue weighted by Gasteiger charge is 2.13. The number of pyridine rings is 2. The van der Waals surface area contributed by atoms with Crippen molar-refractivity contribution in [3.8, 4) is 11.1 Å². The largest absolute Gasteiger partial charge is 0.478 e. The first-order valence-corrected chi connectivity index (χ1v) is 6.26. The fourth-order valence-corrected chi connectivity index (χ4v) is 2.32. The van der Waals surface area contributed by atoms with E-state index in [1.807, 2.05) is 24.3 Å². The van der Waals surface area contributed by atoms with E-state index in [1.165, 1.54) is 6.20 Å². The molecule has 0 aliphatic heterocycles. The summed E-state index contributed by atoms with van der Waals surface area (Å²) in [6, 6.07) is 9.34. The number of rotatable bonds is 2. The van der Waals surface area contributed by atoms with E-state index in [4.69, 9.17) is 16.7 Å². The minimum absolute atomic E-state index is 0.0100. The van der Waals surface area contributed by atoms with E-state index in [0.29, 0.717) is 10.9 Å². The van der Waals surface area contributed by atoms with E-state index in [1.54, 1.807) is 18.5 Å². The molecule has 0 saturated heterocycles. The van der Waals surface area contributed by atoms with Gasteiger partial charge in [0.15, 0.2) is 0 Å². The molecule has 1 aromatic carbocycles. The molecule has 98 valence electrons. The van der Waals surface area contributed by atoms with Crippen molar-refractivity contribution in [3.63, 3.8) is 0 Å². The van der Waals surface area contributed by atoms with Gasteiger partial charge < -0.3 is 5.11 Å². The van der Waals surface area contributed by atoms with Gasteiger partial charge in [0, 0.05) is 24.0 Å². The lowest BCUT2D eigenvalue weighted by Crippen LogP contribution is -1.99. The molecular weight excluding hydrogens is 276 g/mol. The smallest absolute Gasteiger partial charge is 0.338 e. The fourth-order valence-electron chi connectivity index (χ4n) is 2.03. The van der Waals surface area contributed by atoms with Gasteiger partial charge in [0.1, 0.15) is 0 Å². The van der Waals surface area contributed by atoms with E-state index in [2.05, 4.69) is 9.97 Å². The topological polar surface area (TPSA) is 63.1 Å². The predicted molar refractivity (Wildman–Crippen MR) is 76.9 cm³/mol. The number of hydrogen-bond donors (Lipinski definition) is 1. The fraction of sp³-hybridized carbons (Fsp3) is 0. The number of aromatic carboxylic acids is 1. The Morgan fingerprint density at radius 3 is 2.55 bits per heavy atom. The lowest BCUT2D eigenvalue weighted by Gasteiger charge is -2.06. The van der Waals surface area contributed by atoms with Crippen LogP contribution in [0.5, 0.6) is 0 Å². The van der Waals surface area contributed by atoms with Crippen molar-refractivity contribution in [1.29, 1.82) is 0 Å². The van der Waals surface area contributed by atoms with Crippen LogP contribution in [0.3, 0.4) is 0 Å². The van der Waals surface area contributed by atoms with E-state index in [-0.39, 0.29) is 10.6 Å². The first-order valence-electron chi connectivity index (χ1n) is 5.89. The molecule has 0 unspecified atom stereocenters. The van der Waals surface area contributed by atoms with Crippen molar-refractivity contribution >= 4 is 28.5 Å². The van der Waals surface area contributed by atoms with Gasteiger partial charge in [-0.1, -0.05) is 23.7 Å². The minimum atomic E-state index is -1.08. The average Bonchev–Trinajstić information content (AvgIpc) is 2.48. The van der Waals surface area contributed by atoms with Crippen molar-refractivity contribution in [2.45, 2.75) is 0 Å². The molecule has 20 heavy (non-hydrogen) atoms. The lowest BCUT2D eigenvalue weighted by atomic mass is 10.0. The number of carboxylic acids is 1. The van der Waals surface area contributed by atoms with Gasteiger partial charge in [-0.05, 0) is 29.3 Å². The molecule has 3 aromatic rings. The van der Waals surface area contributed by atoms with Gasteiger partial charge in [-0.3, -0.25) is 9.97 Å². The van der Waals surface area contributed by atoms with Crippen molar-refractivity contribution in [2.24, 2.45) is 0 Å². The SMILES string of the molecule is O=C(O)c1cnc2cc(-c3ccncc3)ccc2c1Cl. The van der Waals surface area contributed by atoms with Crippen LogP contribution in [0.25, 0.3) is 22.0 Å². The molecule has 0 saturated carbocycles. The Morgan fingerprint density at radius 1 is 1.10 bits per heavy atom. The number of benzene rings is 1. The molecule has 0 bridgehead atoms. The number of carbonyl (C=O) groups is 1.